The van der Waals surface area contributed by atoms with Crippen LogP contribution in [0.1, 0.15) is 17.3 Å². The van der Waals surface area contributed by atoms with Crippen LogP contribution in [0.15, 0.2) is 22.7 Å². The van der Waals surface area contributed by atoms with Gasteiger partial charge in [-0.3, -0.25) is 14.9 Å². The molecule has 0 aliphatic rings. The number of halogens is 1. The lowest BCUT2D eigenvalue weighted by atomic mass is 10.2. The first-order valence-corrected chi connectivity index (χ1v) is 5.75. The van der Waals surface area contributed by atoms with Gasteiger partial charge in [-0.2, -0.15) is 0 Å². The van der Waals surface area contributed by atoms with Crippen molar-refractivity contribution in [2.75, 3.05) is 0 Å². The number of aldehydes is 1. The van der Waals surface area contributed by atoms with Gasteiger partial charge in [-0.05, 0) is 41.1 Å². The van der Waals surface area contributed by atoms with Gasteiger partial charge in [0.25, 0.3) is 5.91 Å². The molecule has 0 fully saturated rings. The summed E-state index contributed by atoms with van der Waals surface area (Å²) < 4.78 is 5.86. The molecule has 6 nitrogen and oxygen atoms in total. The smallest absolute Gasteiger partial charge is 0.318 e. The van der Waals surface area contributed by atoms with Crippen molar-refractivity contribution < 1.29 is 19.1 Å². The molecule has 0 radical (unpaired) electrons. The van der Waals surface area contributed by atoms with Gasteiger partial charge in [0.05, 0.1) is 4.47 Å². The monoisotopic (exact) mass is 314 g/mol. The molecule has 0 aliphatic heterocycles. The number of carbonyl (C=O) groups excluding carboxylic acids is 3. The van der Waals surface area contributed by atoms with Crippen molar-refractivity contribution in [1.82, 2.24) is 5.32 Å². The lowest BCUT2D eigenvalue weighted by Crippen LogP contribution is -2.42. The van der Waals surface area contributed by atoms with Crippen molar-refractivity contribution in [3.05, 3.63) is 28.2 Å². The first kappa shape index (κ1) is 14.2. The molecular formula is C11H11BrN2O4. The molecule has 18 heavy (non-hydrogen) atoms. The number of benzene rings is 1. The second-order valence-corrected chi connectivity index (χ2v) is 4.28. The summed E-state index contributed by atoms with van der Waals surface area (Å²) in [5.41, 5.74) is 5.29. The fourth-order valence-corrected chi connectivity index (χ4v) is 1.64. The van der Waals surface area contributed by atoms with Crippen LogP contribution in [0.4, 0.5) is 4.79 Å². The predicted molar refractivity (Wildman–Crippen MR) is 67.3 cm³/mol. The number of rotatable bonds is 4. The summed E-state index contributed by atoms with van der Waals surface area (Å²) in [5, 5.41) is 1.91. The summed E-state index contributed by atoms with van der Waals surface area (Å²) in [6.07, 6.45) is -0.200. The van der Waals surface area contributed by atoms with Crippen molar-refractivity contribution >= 4 is 34.2 Å². The van der Waals surface area contributed by atoms with Crippen molar-refractivity contribution in [3.63, 3.8) is 0 Å². The van der Waals surface area contributed by atoms with E-state index in [1.165, 1.54) is 6.92 Å². The number of amides is 3. The molecule has 3 amide bonds. The maximum Gasteiger partial charge on any atom is 0.318 e. The highest BCUT2D eigenvalue weighted by molar-refractivity contribution is 9.10. The molecule has 1 atom stereocenters. The Hall–Kier alpha value is -1.89. The number of imide groups is 1. The zero-order chi connectivity index (χ0) is 13.7. The van der Waals surface area contributed by atoms with Gasteiger partial charge in [0.15, 0.2) is 6.10 Å². The van der Waals surface area contributed by atoms with Crippen molar-refractivity contribution in [2.24, 2.45) is 5.73 Å². The molecular weight excluding hydrogens is 304 g/mol. The van der Waals surface area contributed by atoms with E-state index in [2.05, 4.69) is 15.9 Å². The lowest BCUT2D eigenvalue weighted by molar-refractivity contribution is -0.126. The van der Waals surface area contributed by atoms with Gasteiger partial charge in [0.1, 0.15) is 12.0 Å². The molecule has 1 unspecified atom stereocenters. The molecule has 0 spiro atoms. The summed E-state index contributed by atoms with van der Waals surface area (Å²) in [4.78, 5) is 32.4. The van der Waals surface area contributed by atoms with Crippen LogP contribution in [0, 0.1) is 0 Å². The molecule has 7 heteroatoms. The standard InChI is InChI=1S/C11H11BrN2O4/c1-6(10(16)14-11(13)17)18-9-3-2-7(5-15)4-8(9)12/h2-6H,1H3,(H3,13,14,16,17). The fraction of sp³-hybridized carbons (Fsp3) is 0.182. The predicted octanol–water partition coefficient (Wildman–Crippen LogP) is 1.22. The maximum atomic E-state index is 11.4. The van der Waals surface area contributed by atoms with Gasteiger partial charge >= 0.3 is 6.03 Å². The van der Waals surface area contributed by atoms with E-state index in [1.54, 1.807) is 18.2 Å². The third-order valence-electron chi connectivity index (χ3n) is 2.01. The van der Waals surface area contributed by atoms with E-state index < -0.39 is 18.0 Å². The minimum atomic E-state index is -0.939. The Morgan fingerprint density at radius 3 is 2.67 bits per heavy atom. The molecule has 0 bridgehead atoms. The Morgan fingerprint density at radius 1 is 1.50 bits per heavy atom. The Labute approximate surface area is 112 Å². The van der Waals surface area contributed by atoms with Gasteiger partial charge in [-0.25, -0.2) is 4.79 Å². The number of hydrogen-bond donors (Lipinski definition) is 2. The Balaban J connectivity index is 2.75. The zero-order valence-corrected chi connectivity index (χ0v) is 11.1. The molecule has 0 aliphatic carbocycles. The van der Waals surface area contributed by atoms with E-state index in [4.69, 9.17) is 10.5 Å². The quantitative estimate of drug-likeness (QED) is 0.816. The van der Waals surface area contributed by atoms with E-state index >= 15 is 0 Å². The summed E-state index contributed by atoms with van der Waals surface area (Å²) in [5.74, 6) is -0.262. The first-order valence-electron chi connectivity index (χ1n) is 4.95. The van der Waals surface area contributed by atoms with Crippen LogP contribution in [-0.2, 0) is 4.79 Å². The van der Waals surface area contributed by atoms with Crippen LogP contribution < -0.4 is 15.8 Å². The van der Waals surface area contributed by atoms with Crippen LogP contribution in [0.5, 0.6) is 5.75 Å². The number of nitrogens with one attached hydrogen (secondary N) is 1. The number of nitrogens with two attached hydrogens (primary N) is 1. The van der Waals surface area contributed by atoms with Crippen molar-refractivity contribution in [3.8, 4) is 5.75 Å². The fourth-order valence-electron chi connectivity index (χ4n) is 1.15. The van der Waals surface area contributed by atoms with Gasteiger partial charge < -0.3 is 10.5 Å². The van der Waals surface area contributed by atoms with Gasteiger partial charge in [0.2, 0.25) is 0 Å². The lowest BCUT2D eigenvalue weighted by Gasteiger charge is -2.14. The number of carbonyl (C=O) groups is 3. The third kappa shape index (κ3) is 3.85. The Morgan fingerprint density at radius 2 is 2.17 bits per heavy atom. The maximum absolute atomic E-state index is 11.4. The number of primary amides is 1. The number of urea groups is 1. The number of hydrogen-bond acceptors (Lipinski definition) is 4. The van der Waals surface area contributed by atoms with E-state index in [0.29, 0.717) is 22.1 Å². The average Bonchev–Trinajstić information content (AvgIpc) is 2.30. The summed E-state index contributed by atoms with van der Waals surface area (Å²) in [6, 6.07) is 3.71. The summed E-state index contributed by atoms with van der Waals surface area (Å²) in [7, 11) is 0. The van der Waals surface area contributed by atoms with Gasteiger partial charge in [-0.1, -0.05) is 0 Å². The molecule has 3 N–H and O–H groups in total. The minimum absolute atomic E-state index is 0.382. The molecule has 0 heterocycles. The molecule has 1 rings (SSSR count). The van der Waals surface area contributed by atoms with E-state index in [9.17, 15) is 14.4 Å². The van der Waals surface area contributed by atoms with Crippen LogP contribution in [0.2, 0.25) is 0 Å². The molecule has 1 aromatic rings. The highest BCUT2D eigenvalue weighted by atomic mass is 79.9. The largest absolute Gasteiger partial charge is 0.480 e. The van der Waals surface area contributed by atoms with E-state index in [1.807, 2.05) is 5.32 Å². The Bertz CT molecular complexity index is 490. The molecule has 0 aromatic heterocycles. The van der Waals surface area contributed by atoms with Crippen LogP contribution in [0.25, 0.3) is 0 Å². The number of ether oxygens (including phenoxy) is 1. The SMILES string of the molecule is CC(Oc1ccc(C=O)cc1Br)C(=O)NC(N)=O. The topological polar surface area (TPSA) is 98.5 Å². The highest BCUT2D eigenvalue weighted by Crippen LogP contribution is 2.26. The minimum Gasteiger partial charge on any atom is -0.480 e. The second-order valence-electron chi connectivity index (χ2n) is 3.42. The Kier molecular flexibility index (Phi) is 4.85. The molecule has 96 valence electrons. The average molecular weight is 315 g/mol. The van der Waals surface area contributed by atoms with Crippen molar-refractivity contribution in [1.29, 1.82) is 0 Å². The van der Waals surface area contributed by atoms with Crippen LogP contribution in [-0.4, -0.2) is 24.3 Å². The molecule has 0 saturated carbocycles. The van der Waals surface area contributed by atoms with E-state index in [-0.39, 0.29) is 0 Å². The zero-order valence-electron chi connectivity index (χ0n) is 9.48. The third-order valence-corrected chi connectivity index (χ3v) is 2.63. The first-order chi connectivity index (χ1) is 8.43. The second kappa shape index (κ2) is 6.15. The van der Waals surface area contributed by atoms with Gasteiger partial charge in [0, 0.05) is 5.56 Å². The highest BCUT2D eigenvalue weighted by Gasteiger charge is 2.17. The summed E-state index contributed by atoms with van der Waals surface area (Å²) in [6.45, 7) is 1.47. The summed E-state index contributed by atoms with van der Waals surface area (Å²) >= 11 is 3.21. The van der Waals surface area contributed by atoms with E-state index in [0.717, 1.165) is 0 Å². The van der Waals surface area contributed by atoms with Crippen LogP contribution >= 0.6 is 15.9 Å². The normalized spacial score (nSPS) is 11.4. The van der Waals surface area contributed by atoms with Gasteiger partial charge in [-0.15, -0.1) is 0 Å². The van der Waals surface area contributed by atoms with Crippen molar-refractivity contribution in [2.45, 2.75) is 13.0 Å². The molecule has 1 aromatic carbocycles. The van der Waals surface area contributed by atoms with Crippen LogP contribution in [0.3, 0.4) is 0 Å². The molecule has 0 saturated heterocycles.